The number of benzene rings is 2. The molecule has 0 aliphatic heterocycles. The van der Waals surface area contributed by atoms with Crippen LogP contribution >= 0.6 is 24.8 Å². The van der Waals surface area contributed by atoms with Crippen LogP contribution in [0, 0.1) is 6.92 Å². The Labute approximate surface area is 227 Å². The van der Waals surface area contributed by atoms with Gasteiger partial charge in [-0.2, -0.15) is 0 Å². The number of ether oxygens (including phenoxy) is 1. The molecule has 7 nitrogen and oxygen atoms in total. The van der Waals surface area contributed by atoms with Crippen molar-refractivity contribution in [2.45, 2.75) is 20.1 Å². The first-order chi connectivity index (χ1) is 17.0. The summed E-state index contributed by atoms with van der Waals surface area (Å²) in [5.74, 6) is 0.484. The van der Waals surface area contributed by atoms with E-state index in [1.807, 2.05) is 43.6 Å². The number of rotatable bonds is 7. The molecule has 0 atom stereocenters. The van der Waals surface area contributed by atoms with E-state index in [1.54, 1.807) is 16.9 Å². The molecule has 5 aromatic rings. The SMILES string of the molecule is Cc1cc2ccccc2nc1-c1ccc(COc2nn(C)cc2-c2ccc(=O)n(CCO)c2)cc1.Cl.Cl. The third-order valence-corrected chi connectivity index (χ3v) is 5.95. The maximum absolute atomic E-state index is 12.0. The van der Waals surface area contributed by atoms with Crippen molar-refractivity contribution in [2.75, 3.05) is 6.61 Å². The van der Waals surface area contributed by atoms with Crippen LogP contribution in [0.3, 0.4) is 0 Å². The van der Waals surface area contributed by atoms with Crippen LogP contribution in [0.2, 0.25) is 0 Å². The molecule has 1 N–H and O–H groups in total. The van der Waals surface area contributed by atoms with E-state index in [9.17, 15) is 9.90 Å². The van der Waals surface area contributed by atoms with E-state index in [4.69, 9.17) is 9.72 Å². The van der Waals surface area contributed by atoms with Gasteiger partial charge in [-0.3, -0.25) is 9.48 Å². The zero-order valence-corrected chi connectivity index (χ0v) is 22.1. The van der Waals surface area contributed by atoms with Crippen molar-refractivity contribution >= 4 is 35.7 Å². The van der Waals surface area contributed by atoms with E-state index in [0.717, 1.165) is 44.4 Å². The minimum atomic E-state index is -0.162. The Kier molecular flexibility index (Phi) is 9.10. The van der Waals surface area contributed by atoms with E-state index in [2.05, 4.69) is 36.3 Å². The van der Waals surface area contributed by atoms with Gasteiger partial charge < -0.3 is 14.4 Å². The van der Waals surface area contributed by atoms with Crippen LogP contribution in [0.5, 0.6) is 5.88 Å². The van der Waals surface area contributed by atoms with E-state index < -0.39 is 0 Å². The summed E-state index contributed by atoms with van der Waals surface area (Å²) in [5, 5.41) is 14.8. The lowest BCUT2D eigenvalue weighted by atomic mass is 10.0. The summed E-state index contributed by atoms with van der Waals surface area (Å²) in [6.07, 6.45) is 3.58. The zero-order chi connectivity index (χ0) is 24.4. The number of hydrogen-bond acceptors (Lipinski definition) is 5. The molecule has 37 heavy (non-hydrogen) atoms. The number of aryl methyl sites for hydroxylation is 2. The molecule has 5 rings (SSSR count). The van der Waals surface area contributed by atoms with Gasteiger partial charge >= 0.3 is 0 Å². The molecule has 9 heteroatoms. The van der Waals surface area contributed by atoms with Crippen molar-refractivity contribution in [1.82, 2.24) is 19.3 Å². The van der Waals surface area contributed by atoms with Crippen molar-refractivity contribution < 1.29 is 9.84 Å². The number of hydrogen-bond donors (Lipinski definition) is 1. The third-order valence-electron chi connectivity index (χ3n) is 5.95. The van der Waals surface area contributed by atoms with Crippen LogP contribution in [-0.2, 0) is 20.2 Å². The molecule has 192 valence electrons. The number of aliphatic hydroxyl groups excluding tert-OH is 1. The van der Waals surface area contributed by atoms with E-state index in [-0.39, 0.29) is 43.5 Å². The maximum atomic E-state index is 12.0. The first-order valence-electron chi connectivity index (χ1n) is 11.5. The quantitative estimate of drug-likeness (QED) is 0.308. The molecule has 2 aromatic carbocycles. The Morgan fingerprint density at radius 1 is 0.946 bits per heavy atom. The van der Waals surface area contributed by atoms with Crippen molar-refractivity contribution in [3.05, 3.63) is 101 Å². The molecule has 0 radical (unpaired) electrons. The maximum Gasteiger partial charge on any atom is 0.250 e. The lowest BCUT2D eigenvalue weighted by Crippen LogP contribution is -2.20. The summed E-state index contributed by atoms with van der Waals surface area (Å²) in [6, 6.07) is 21.7. The van der Waals surface area contributed by atoms with Crippen molar-refractivity contribution in [3.8, 4) is 28.3 Å². The van der Waals surface area contributed by atoms with Crippen LogP contribution in [-0.4, -0.2) is 31.0 Å². The van der Waals surface area contributed by atoms with Gasteiger partial charge in [0.05, 0.1) is 23.4 Å². The fraction of sp³-hybridized carbons (Fsp3) is 0.179. The second-order valence-electron chi connectivity index (χ2n) is 8.53. The first kappa shape index (κ1) is 27.9. The second kappa shape index (κ2) is 12.1. The molecule has 0 unspecified atom stereocenters. The molecule has 0 spiro atoms. The largest absolute Gasteiger partial charge is 0.471 e. The van der Waals surface area contributed by atoms with Crippen LogP contribution < -0.4 is 10.3 Å². The summed E-state index contributed by atoms with van der Waals surface area (Å²) in [5.41, 5.74) is 6.57. The lowest BCUT2D eigenvalue weighted by Gasteiger charge is -2.10. The third kappa shape index (κ3) is 6.02. The Balaban J connectivity index is 0.00000190. The Hall–Kier alpha value is -3.65. The molecule has 0 aliphatic rings. The van der Waals surface area contributed by atoms with E-state index in [0.29, 0.717) is 12.5 Å². The van der Waals surface area contributed by atoms with Gasteiger partial charge in [0.1, 0.15) is 6.61 Å². The summed E-state index contributed by atoms with van der Waals surface area (Å²) < 4.78 is 9.23. The molecular weight excluding hydrogens is 511 g/mol. The van der Waals surface area contributed by atoms with Gasteiger partial charge in [0.2, 0.25) is 5.88 Å². The van der Waals surface area contributed by atoms with Gasteiger partial charge in [-0.15, -0.1) is 29.9 Å². The van der Waals surface area contributed by atoms with Gasteiger partial charge in [0, 0.05) is 48.6 Å². The highest BCUT2D eigenvalue weighted by atomic mass is 35.5. The molecule has 3 heterocycles. The number of fused-ring (bicyclic) bond motifs is 1. The topological polar surface area (TPSA) is 82.2 Å². The average molecular weight is 539 g/mol. The van der Waals surface area contributed by atoms with Crippen LogP contribution in [0.25, 0.3) is 33.3 Å². The Bertz CT molecular complexity index is 1560. The second-order valence-corrected chi connectivity index (χ2v) is 8.53. The summed E-state index contributed by atoms with van der Waals surface area (Å²) >= 11 is 0. The van der Waals surface area contributed by atoms with Gasteiger partial charge in [0.15, 0.2) is 0 Å². The highest BCUT2D eigenvalue weighted by molar-refractivity contribution is 5.86. The number of halogens is 2. The highest BCUT2D eigenvalue weighted by Crippen LogP contribution is 2.29. The van der Waals surface area contributed by atoms with E-state index in [1.165, 1.54) is 10.6 Å². The lowest BCUT2D eigenvalue weighted by molar-refractivity contribution is 0.274. The first-order valence-corrected chi connectivity index (χ1v) is 11.5. The molecule has 0 amide bonds. The summed E-state index contributed by atoms with van der Waals surface area (Å²) in [4.78, 5) is 16.9. The van der Waals surface area contributed by atoms with E-state index >= 15 is 0 Å². The zero-order valence-electron chi connectivity index (χ0n) is 20.5. The van der Waals surface area contributed by atoms with Crippen molar-refractivity contribution in [3.63, 3.8) is 0 Å². The predicted molar refractivity (Wildman–Crippen MR) is 151 cm³/mol. The fourth-order valence-corrected chi connectivity index (χ4v) is 4.17. The molecule has 0 saturated heterocycles. The van der Waals surface area contributed by atoms with Gasteiger partial charge in [-0.25, -0.2) is 4.98 Å². The number of nitrogens with zero attached hydrogens (tertiary/aromatic N) is 4. The molecular formula is C28H28Cl2N4O3. The molecule has 0 fully saturated rings. The number of para-hydroxylation sites is 1. The standard InChI is InChI=1S/C28H26N4O3.2ClH/c1-19-15-22-5-3-4-6-25(22)29-27(19)21-9-7-20(8-10-21)18-35-28-24(17-31(2)30-28)23-11-12-26(34)32(16-23)13-14-33;;/h3-12,15-17,33H,13-14,18H2,1-2H3;2*1H. The summed E-state index contributed by atoms with van der Waals surface area (Å²) in [7, 11) is 1.83. The van der Waals surface area contributed by atoms with Crippen molar-refractivity contribution in [1.29, 1.82) is 0 Å². The highest BCUT2D eigenvalue weighted by Gasteiger charge is 2.13. The average Bonchev–Trinajstić information content (AvgIpc) is 3.24. The van der Waals surface area contributed by atoms with Crippen LogP contribution in [0.15, 0.2) is 83.9 Å². The minimum Gasteiger partial charge on any atom is -0.471 e. The monoisotopic (exact) mass is 538 g/mol. The molecule has 0 saturated carbocycles. The van der Waals surface area contributed by atoms with Crippen LogP contribution in [0.4, 0.5) is 0 Å². The summed E-state index contributed by atoms with van der Waals surface area (Å²) in [6.45, 7) is 2.56. The van der Waals surface area contributed by atoms with Crippen LogP contribution in [0.1, 0.15) is 11.1 Å². The Morgan fingerprint density at radius 3 is 2.43 bits per heavy atom. The van der Waals surface area contributed by atoms with Crippen molar-refractivity contribution in [2.24, 2.45) is 7.05 Å². The Morgan fingerprint density at radius 2 is 1.68 bits per heavy atom. The number of pyridine rings is 2. The molecule has 3 aromatic heterocycles. The normalized spacial score (nSPS) is 10.6. The number of aliphatic hydroxyl groups is 1. The smallest absolute Gasteiger partial charge is 0.250 e. The fourth-order valence-electron chi connectivity index (χ4n) is 4.17. The molecule has 0 bridgehead atoms. The van der Waals surface area contributed by atoms with Gasteiger partial charge in [-0.05, 0) is 36.2 Å². The predicted octanol–water partition coefficient (Wildman–Crippen LogP) is 5.19. The minimum absolute atomic E-state index is 0. The molecule has 0 aliphatic carbocycles. The van der Waals surface area contributed by atoms with Gasteiger partial charge in [-0.1, -0.05) is 42.5 Å². The van der Waals surface area contributed by atoms with Gasteiger partial charge in [0.25, 0.3) is 5.56 Å². The number of aromatic nitrogens is 4.